The summed E-state index contributed by atoms with van der Waals surface area (Å²) >= 11 is 0. The molecule has 11 heavy (non-hydrogen) atoms. The van der Waals surface area contributed by atoms with Crippen LogP contribution in [0, 0.1) is 11.8 Å². The van der Waals surface area contributed by atoms with Gasteiger partial charge in [0.15, 0.2) is 0 Å². The predicted molar refractivity (Wildman–Crippen MR) is 38.6 cm³/mol. The van der Waals surface area contributed by atoms with Crippen LogP contribution < -0.4 is 5.32 Å². The summed E-state index contributed by atoms with van der Waals surface area (Å²) in [5.41, 5.74) is 0. The fraction of sp³-hybridized carbons (Fsp3) is 1.00. The Hall–Kier alpha value is -0.180. The Kier molecular flexibility index (Phi) is 1.83. The Labute approximate surface area is 65.2 Å². The fourth-order valence-corrected chi connectivity index (χ4v) is 2.14. The predicted octanol–water partition coefficient (Wildman–Crippen LogP) is 1.64. The van der Waals surface area contributed by atoms with E-state index in [9.17, 15) is 8.78 Å². The van der Waals surface area contributed by atoms with E-state index in [0.29, 0.717) is 6.04 Å². The molecule has 1 nitrogen and oxygen atoms in total. The van der Waals surface area contributed by atoms with Crippen LogP contribution in [0.2, 0.25) is 0 Å². The lowest BCUT2D eigenvalue weighted by Crippen LogP contribution is -2.31. The van der Waals surface area contributed by atoms with Gasteiger partial charge in [-0.1, -0.05) is 0 Å². The van der Waals surface area contributed by atoms with Gasteiger partial charge in [0.25, 0.3) is 6.43 Å². The zero-order chi connectivity index (χ0) is 7.84. The van der Waals surface area contributed by atoms with Crippen molar-refractivity contribution in [1.82, 2.24) is 5.32 Å². The molecule has 2 atom stereocenters. The van der Waals surface area contributed by atoms with Gasteiger partial charge in [0.1, 0.15) is 0 Å². The summed E-state index contributed by atoms with van der Waals surface area (Å²) in [4.78, 5) is 0. The van der Waals surface area contributed by atoms with E-state index in [2.05, 4.69) is 5.32 Å². The van der Waals surface area contributed by atoms with Gasteiger partial charge in [-0.15, -0.1) is 0 Å². The lowest BCUT2D eigenvalue weighted by Gasteiger charge is -2.12. The molecule has 64 valence electrons. The number of halogens is 2. The molecule has 0 heterocycles. The Bertz CT molecular complexity index is 139. The summed E-state index contributed by atoms with van der Waals surface area (Å²) in [5.74, 6) is 1.76. The summed E-state index contributed by atoms with van der Waals surface area (Å²) in [5, 5.41) is 2.89. The van der Waals surface area contributed by atoms with Gasteiger partial charge in [0, 0.05) is 6.04 Å². The fourth-order valence-electron chi connectivity index (χ4n) is 2.14. The van der Waals surface area contributed by atoms with Crippen molar-refractivity contribution < 1.29 is 8.78 Å². The maximum Gasteiger partial charge on any atom is 0.250 e. The van der Waals surface area contributed by atoms with E-state index in [0.717, 1.165) is 24.7 Å². The second kappa shape index (κ2) is 2.70. The summed E-state index contributed by atoms with van der Waals surface area (Å²) in [6.45, 7) is -0.121. The molecular weight excluding hydrogens is 148 g/mol. The molecule has 2 unspecified atom stereocenters. The summed E-state index contributed by atoms with van der Waals surface area (Å²) < 4.78 is 23.5. The minimum atomic E-state index is -2.19. The number of nitrogens with one attached hydrogen (secondary N) is 1. The van der Waals surface area contributed by atoms with Crippen LogP contribution >= 0.6 is 0 Å². The second-order valence-corrected chi connectivity index (χ2v) is 3.72. The van der Waals surface area contributed by atoms with Crippen LogP contribution in [0.1, 0.15) is 19.3 Å². The van der Waals surface area contributed by atoms with Gasteiger partial charge in [0.2, 0.25) is 0 Å². The highest BCUT2D eigenvalue weighted by atomic mass is 19.3. The topological polar surface area (TPSA) is 12.0 Å². The maximum absolute atomic E-state index is 11.7. The van der Waals surface area contributed by atoms with Crippen molar-refractivity contribution >= 4 is 0 Å². The molecule has 2 rings (SSSR count). The average Bonchev–Trinajstić information content (AvgIpc) is 2.56. The van der Waals surface area contributed by atoms with Gasteiger partial charge < -0.3 is 5.32 Å². The SMILES string of the molecule is FC(F)CNC1CC2CC2C1. The van der Waals surface area contributed by atoms with Crippen molar-refractivity contribution in [1.29, 1.82) is 0 Å². The molecule has 0 aromatic carbocycles. The van der Waals surface area contributed by atoms with Gasteiger partial charge in [-0.25, -0.2) is 8.78 Å². The zero-order valence-corrected chi connectivity index (χ0v) is 6.39. The Morgan fingerprint density at radius 3 is 2.36 bits per heavy atom. The van der Waals surface area contributed by atoms with Crippen molar-refractivity contribution in [2.24, 2.45) is 11.8 Å². The number of hydrogen-bond acceptors (Lipinski definition) is 1. The number of rotatable bonds is 3. The maximum atomic E-state index is 11.7. The first-order chi connectivity index (χ1) is 5.25. The molecule has 2 fully saturated rings. The molecule has 0 spiro atoms. The first kappa shape index (κ1) is 7.47. The highest BCUT2D eigenvalue weighted by molar-refractivity contribution is 4.98. The minimum absolute atomic E-state index is 0.121. The number of hydrogen-bond donors (Lipinski definition) is 1. The van der Waals surface area contributed by atoms with E-state index in [1.807, 2.05) is 0 Å². The van der Waals surface area contributed by atoms with Crippen molar-refractivity contribution in [2.45, 2.75) is 31.7 Å². The van der Waals surface area contributed by atoms with E-state index in [1.54, 1.807) is 0 Å². The van der Waals surface area contributed by atoms with Crippen LogP contribution in [0.15, 0.2) is 0 Å². The average molecular weight is 161 g/mol. The number of alkyl halides is 2. The Balaban J connectivity index is 1.64. The molecule has 0 saturated heterocycles. The molecule has 2 aliphatic carbocycles. The Morgan fingerprint density at radius 1 is 1.18 bits per heavy atom. The normalized spacial score (nSPS) is 41.2. The highest BCUT2D eigenvalue weighted by Gasteiger charge is 2.45. The molecule has 0 bridgehead atoms. The lowest BCUT2D eigenvalue weighted by molar-refractivity contribution is 0.140. The number of fused-ring (bicyclic) bond motifs is 1. The van der Waals surface area contributed by atoms with Gasteiger partial charge in [-0.05, 0) is 31.1 Å². The smallest absolute Gasteiger partial charge is 0.250 e. The van der Waals surface area contributed by atoms with E-state index >= 15 is 0 Å². The van der Waals surface area contributed by atoms with Crippen LogP contribution in [0.3, 0.4) is 0 Å². The summed E-state index contributed by atoms with van der Waals surface area (Å²) in [6.07, 6.45) is 1.44. The van der Waals surface area contributed by atoms with Crippen LogP contribution in [0.5, 0.6) is 0 Å². The largest absolute Gasteiger partial charge is 0.309 e. The molecule has 2 saturated carbocycles. The van der Waals surface area contributed by atoms with Crippen LogP contribution in [0.4, 0.5) is 8.78 Å². The van der Waals surface area contributed by atoms with Crippen molar-refractivity contribution in [2.75, 3.05) is 6.54 Å². The molecule has 0 aliphatic heterocycles. The third-order valence-corrected chi connectivity index (χ3v) is 2.80. The Morgan fingerprint density at radius 2 is 1.82 bits per heavy atom. The van der Waals surface area contributed by atoms with Gasteiger partial charge >= 0.3 is 0 Å². The van der Waals surface area contributed by atoms with E-state index in [-0.39, 0.29) is 6.54 Å². The molecular formula is C8H13F2N. The van der Waals surface area contributed by atoms with Crippen LogP contribution in [-0.4, -0.2) is 19.0 Å². The van der Waals surface area contributed by atoms with Crippen LogP contribution in [-0.2, 0) is 0 Å². The standard InChI is InChI=1S/C8H13F2N/c9-8(10)4-11-7-2-5-1-6(5)3-7/h5-8,11H,1-4H2. The molecule has 0 radical (unpaired) electrons. The van der Waals surface area contributed by atoms with E-state index in [1.165, 1.54) is 6.42 Å². The van der Waals surface area contributed by atoms with Gasteiger partial charge in [-0.2, -0.15) is 0 Å². The third-order valence-electron chi connectivity index (χ3n) is 2.80. The summed E-state index contributed by atoms with van der Waals surface area (Å²) in [7, 11) is 0. The van der Waals surface area contributed by atoms with E-state index in [4.69, 9.17) is 0 Å². The molecule has 0 aromatic heterocycles. The van der Waals surface area contributed by atoms with Gasteiger partial charge in [-0.3, -0.25) is 0 Å². The van der Waals surface area contributed by atoms with E-state index < -0.39 is 6.43 Å². The highest BCUT2D eigenvalue weighted by Crippen LogP contribution is 2.51. The summed E-state index contributed by atoms with van der Waals surface area (Å²) in [6, 6.07) is 0.396. The second-order valence-electron chi connectivity index (χ2n) is 3.72. The lowest BCUT2D eigenvalue weighted by atomic mass is 10.1. The first-order valence-corrected chi connectivity index (χ1v) is 4.27. The van der Waals surface area contributed by atoms with Crippen molar-refractivity contribution in [3.05, 3.63) is 0 Å². The molecule has 1 N–H and O–H groups in total. The third kappa shape index (κ3) is 1.70. The minimum Gasteiger partial charge on any atom is -0.309 e. The van der Waals surface area contributed by atoms with Crippen molar-refractivity contribution in [3.63, 3.8) is 0 Å². The van der Waals surface area contributed by atoms with Crippen molar-refractivity contribution in [3.8, 4) is 0 Å². The molecule has 2 aliphatic rings. The van der Waals surface area contributed by atoms with Crippen LogP contribution in [0.25, 0.3) is 0 Å². The first-order valence-electron chi connectivity index (χ1n) is 4.27. The zero-order valence-electron chi connectivity index (χ0n) is 6.39. The van der Waals surface area contributed by atoms with Gasteiger partial charge in [0.05, 0.1) is 6.54 Å². The monoisotopic (exact) mass is 161 g/mol. The molecule has 0 aromatic rings. The quantitative estimate of drug-likeness (QED) is 0.663. The molecule has 0 amide bonds. The molecule has 3 heteroatoms.